The van der Waals surface area contributed by atoms with Gasteiger partial charge in [-0.15, -0.1) is 11.3 Å². The summed E-state index contributed by atoms with van der Waals surface area (Å²) in [6, 6.07) is 66.6. The van der Waals surface area contributed by atoms with Gasteiger partial charge in [-0.25, -0.2) is 0 Å². The highest BCUT2D eigenvalue weighted by Gasteiger charge is 2.16. The molecule has 0 aliphatic carbocycles. The molecule has 3 aromatic heterocycles. The van der Waals surface area contributed by atoms with Gasteiger partial charge in [-0.3, -0.25) is 0 Å². The summed E-state index contributed by atoms with van der Waals surface area (Å²) in [4.78, 5) is 0. The Bertz CT molecular complexity index is 3100. The molecule has 0 N–H and O–H groups in total. The maximum atomic E-state index is 2.42. The van der Waals surface area contributed by atoms with E-state index < -0.39 is 0 Å². The Morgan fingerprint density at radius 1 is 0.275 bits per heavy atom. The Morgan fingerprint density at radius 3 is 1.43 bits per heavy atom. The van der Waals surface area contributed by atoms with Crippen molar-refractivity contribution in [1.29, 1.82) is 0 Å². The molecule has 8 aromatic carbocycles. The van der Waals surface area contributed by atoms with Crippen LogP contribution in [0, 0.1) is 0 Å². The van der Waals surface area contributed by atoms with Crippen molar-refractivity contribution in [3.8, 4) is 33.6 Å². The highest BCUT2D eigenvalue weighted by molar-refractivity contribution is 7.25. The summed E-state index contributed by atoms with van der Waals surface area (Å²) in [6.07, 6.45) is 0. The number of rotatable bonds is 4. The minimum absolute atomic E-state index is 1.16. The minimum Gasteiger partial charge on any atom is -0.309 e. The van der Waals surface area contributed by atoms with Crippen LogP contribution in [0.3, 0.4) is 0 Å². The van der Waals surface area contributed by atoms with Crippen LogP contribution in [-0.2, 0) is 0 Å². The first-order valence-electron chi connectivity index (χ1n) is 17.4. The Kier molecular flexibility index (Phi) is 6.16. The van der Waals surface area contributed by atoms with E-state index >= 15 is 0 Å². The summed E-state index contributed by atoms with van der Waals surface area (Å²) in [7, 11) is 0. The summed E-state index contributed by atoms with van der Waals surface area (Å²) < 4.78 is 7.48. The van der Waals surface area contributed by atoms with Gasteiger partial charge >= 0.3 is 0 Å². The maximum Gasteiger partial charge on any atom is 0.0555 e. The fourth-order valence-electron chi connectivity index (χ4n) is 8.13. The van der Waals surface area contributed by atoms with Crippen LogP contribution < -0.4 is 0 Å². The van der Waals surface area contributed by atoms with Crippen LogP contribution in [0.1, 0.15) is 0 Å². The molecule has 3 heteroatoms. The van der Waals surface area contributed by atoms with Gasteiger partial charge in [0.1, 0.15) is 0 Å². The summed E-state index contributed by atoms with van der Waals surface area (Å²) >= 11 is 1.88. The van der Waals surface area contributed by atoms with Crippen molar-refractivity contribution < 1.29 is 0 Å². The topological polar surface area (TPSA) is 9.86 Å². The number of thiophene rings is 1. The van der Waals surface area contributed by atoms with Gasteiger partial charge in [0.25, 0.3) is 0 Å². The van der Waals surface area contributed by atoms with Gasteiger partial charge in [0.15, 0.2) is 0 Å². The summed E-state index contributed by atoms with van der Waals surface area (Å²) in [5.74, 6) is 0. The van der Waals surface area contributed by atoms with Crippen molar-refractivity contribution in [1.82, 2.24) is 9.13 Å². The van der Waals surface area contributed by atoms with E-state index in [9.17, 15) is 0 Å². The van der Waals surface area contributed by atoms with Crippen molar-refractivity contribution in [2.75, 3.05) is 0 Å². The van der Waals surface area contributed by atoms with Gasteiger partial charge in [0.05, 0.1) is 22.1 Å². The molecule has 0 radical (unpaired) electrons. The van der Waals surface area contributed by atoms with Crippen LogP contribution >= 0.6 is 11.3 Å². The molecule has 11 rings (SSSR count). The second kappa shape index (κ2) is 11.0. The van der Waals surface area contributed by atoms with E-state index in [1.54, 1.807) is 0 Å². The van der Waals surface area contributed by atoms with E-state index in [1.807, 2.05) is 11.3 Å². The second-order valence-corrected chi connectivity index (χ2v) is 14.4. The lowest BCUT2D eigenvalue weighted by Crippen LogP contribution is -1.95. The van der Waals surface area contributed by atoms with E-state index in [0.29, 0.717) is 0 Å². The van der Waals surface area contributed by atoms with E-state index in [0.717, 1.165) is 5.69 Å². The average Bonchev–Trinajstić information content (AvgIpc) is 3.84. The molecular weight excluding hydrogens is 637 g/mol. The van der Waals surface area contributed by atoms with Crippen LogP contribution in [0.2, 0.25) is 0 Å². The maximum absolute atomic E-state index is 2.42. The summed E-state index contributed by atoms with van der Waals surface area (Å²) in [6.45, 7) is 0. The standard InChI is InChI=1S/C48H30N2S/c1-2-10-31(11-3-1)34-22-27-39-37-12-4-7-15-43(37)49(45(39)28-34)35-23-18-32(19-24-35)33-20-25-36(26-21-33)50-44-16-8-5-13-38(44)41-29-42-40-14-6-9-17-47(40)51-48(42)30-46(41)50/h1-30H. The molecule has 0 aliphatic rings. The lowest BCUT2D eigenvalue weighted by atomic mass is 10.0. The van der Waals surface area contributed by atoms with Crippen molar-refractivity contribution in [3.63, 3.8) is 0 Å². The van der Waals surface area contributed by atoms with E-state index in [2.05, 4.69) is 191 Å². The molecule has 238 valence electrons. The van der Waals surface area contributed by atoms with Gasteiger partial charge in [0, 0.05) is 53.1 Å². The van der Waals surface area contributed by atoms with E-state index in [-0.39, 0.29) is 0 Å². The highest BCUT2D eigenvalue weighted by Crippen LogP contribution is 2.41. The summed E-state index contributed by atoms with van der Waals surface area (Å²) in [5.41, 5.74) is 12.1. The van der Waals surface area contributed by atoms with Crippen LogP contribution in [0.4, 0.5) is 0 Å². The first kappa shape index (κ1) is 28.4. The Balaban J connectivity index is 0.996. The molecular formula is C48H30N2S. The van der Waals surface area contributed by atoms with Gasteiger partial charge in [0.2, 0.25) is 0 Å². The molecule has 11 aromatic rings. The molecule has 3 heterocycles. The lowest BCUT2D eigenvalue weighted by Gasteiger charge is -2.12. The number of nitrogens with zero attached hydrogens (tertiary/aromatic N) is 2. The van der Waals surface area contributed by atoms with Crippen LogP contribution in [0.5, 0.6) is 0 Å². The molecule has 0 unspecified atom stereocenters. The number of fused-ring (bicyclic) bond motifs is 9. The zero-order chi connectivity index (χ0) is 33.5. The predicted molar refractivity (Wildman–Crippen MR) is 219 cm³/mol. The third-order valence-corrected chi connectivity index (χ3v) is 11.7. The molecule has 0 aliphatic heterocycles. The highest BCUT2D eigenvalue weighted by atomic mass is 32.1. The van der Waals surface area contributed by atoms with Crippen LogP contribution in [0.15, 0.2) is 182 Å². The summed E-state index contributed by atoms with van der Waals surface area (Å²) in [5, 5.41) is 7.78. The molecule has 0 saturated heterocycles. The Morgan fingerprint density at radius 2 is 0.765 bits per heavy atom. The quantitative estimate of drug-likeness (QED) is 0.177. The first-order chi connectivity index (χ1) is 25.3. The fraction of sp³-hybridized carbons (Fsp3) is 0. The molecule has 0 bridgehead atoms. The predicted octanol–water partition coefficient (Wildman–Crippen LogP) is 13.6. The van der Waals surface area contributed by atoms with Gasteiger partial charge < -0.3 is 9.13 Å². The molecule has 2 nitrogen and oxygen atoms in total. The second-order valence-electron chi connectivity index (χ2n) is 13.4. The van der Waals surface area contributed by atoms with Gasteiger partial charge in [-0.2, -0.15) is 0 Å². The average molecular weight is 667 g/mol. The first-order valence-corrected chi connectivity index (χ1v) is 18.2. The lowest BCUT2D eigenvalue weighted by molar-refractivity contribution is 1.18. The minimum atomic E-state index is 1.16. The Labute approximate surface area is 298 Å². The molecule has 0 atom stereocenters. The normalized spacial score (nSPS) is 11.9. The zero-order valence-corrected chi connectivity index (χ0v) is 28.4. The van der Waals surface area contributed by atoms with Crippen LogP contribution in [0.25, 0.3) is 97.4 Å². The number of para-hydroxylation sites is 2. The van der Waals surface area contributed by atoms with E-state index in [4.69, 9.17) is 0 Å². The van der Waals surface area contributed by atoms with Gasteiger partial charge in [-0.05, 0) is 82.9 Å². The molecule has 0 spiro atoms. The van der Waals surface area contributed by atoms with Gasteiger partial charge in [-0.1, -0.05) is 121 Å². The molecule has 0 saturated carbocycles. The molecule has 0 fully saturated rings. The molecule has 51 heavy (non-hydrogen) atoms. The van der Waals surface area contributed by atoms with Crippen molar-refractivity contribution in [3.05, 3.63) is 182 Å². The number of hydrogen-bond donors (Lipinski definition) is 0. The van der Waals surface area contributed by atoms with Crippen molar-refractivity contribution in [2.45, 2.75) is 0 Å². The zero-order valence-electron chi connectivity index (χ0n) is 27.6. The number of benzene rings is 8. The Hall–Kier alpha value is -6.42. The van der Waals surface area contributed by atoms with Crippen LogP contribution in [-0.4, -0.2) is 9.13 Å². The number of hydrogen-bond acceptors (Lipinski definition) is 1. The van der Waals surface area contributed by atoms with Crippen molar-refractivity contribution >= 4 is 75.1 Å². The largest absolute Gasteiger partial charge is 0.309 e. The monoisotopic (exact) mass is 666 g/mol. The fourth-order valence-corrected chi connectivity index (χ4v) is 9.25. The SMILES string of the molecule is c1ccc(-c2ccc3c4ccccc4n(-c4ccc(-c5ccc(-n6c7ccccc7c7cc8c(cc76)sc6ccccc68)cc5)cc4)c3c2)cc1. The van der Waals surface area contributed by atoms with Crippen molar-refractivity contribution in [2.24, 2.45) is 0 Å². The smallest absolute Gasteiger partial charge is 0.0555 e. The third kappa shape index (κ3) is 4.35. The van der Waals surface area contributed by atoms with E-state index in [1.165, 1.54) is 91.7 Å². The number of aromatic nitrogens is 2. The third-order valence-electron chi connectivity index (χ3n) is 10.5. The molecule has 0 amide bonds.